The van der Waals surface area contributed by atoms with Crippen LogP contribution in [0.5, 0.6) is 0 Å². The van der Waals surface area contributed by atoms with Crippen LogP contribution in [-0.2, 0) is 4.74 Å². The highest BCUT2D eigenvalue weighted by Gasteiger charge is 2.16. The monoisotopic (exact) mass is 206 g/mol. The molecule has 2 rings (SSSR count). The normalized spacial score (nSPS) is 21.2. The summed E-state index contributed by atoms with van der Waals surface area (Å²) in [6, 6.07) is 7.10. The molecule has 0 aliphatic carbocycles. The Bertz CT molecular complexity index is 336. The summed E-state index contributed by atoms with van der Waals surface area (Å²) in [6.07, 6.45) is 2.22. The molecule has 0 saturated carbocycles. The van der Waals surface area contributed by atoms with Crippen molar-refractivity contribution in [3.63, 3.8) is 0 Å². The molecule has 1 atom stereocenters. The van der Waals surface area contributed by atoms with Crippen molar-refractivity contribution in [2.24, 2.45) is 0 Å². The number of benzene rings is 1. The van der Waals surface area contributed by atoms with Gasteiger partial charge in [-0.2, -0.15) is 0 Å². The molecule has 0 spiro atoms. The van der Waals surface area contributed by atoms with Crippen LogP contribution in [0, 0.1) is 0 Å². The first-order valence-corrected chi connectivity index (χ1v) is 5.18. The number of carbonyl (C=O) groups is 1. The molecule has 80 valence electrons. The van der Waals surface area contributed by atoms with Gasteiger partial charge in [-0.3, -0.25) is 0 Å². The summed E-state index contributed by atoms with van der Waals surface area (Å²) in [5, 5.41) is 8.76. The van der Waals surface area contributed by atoms with Crippen molar-refractivity contribution in [3.05, 3.63) is 35.4 Å². The fourth-order valence-electron chi connectivity index (χ4n) is 1.90. The first-order chi connectivity index (χ1) is 7.27. The molecule has 3 nitrogen and oxygen atoms in total. The van der Waals surface area contributed by atoms with E-state index in [0.717, 1.165) is 26.1 Å². The maximum absolute atomic E-state index is 10.7. The molecule has 1 aliphatic rings. The molecule has 1 aliphatic heterocycles. The van der Waals surface area contributed by atoms with Gasteiger partial charge < -0.3 is 9.84 Å². The molecule has 0 unspecified atom stereocenters. The van der Waals surface area contributed by atoms with Gasteiger partial charge in [0.15, 0.2) is 0 Å². The summed E-state index contributed by atoms with van der Waals surface area (Å²) in [5.41, 5.74) is 1.52. The lowest BCUT2D eigenvalue weighted by Crippen LogP contribution is -2.15. The van der Waals surface area contributed by atoms with E-state index in [-0.39, 0.29) is 0 Å². The lowest BCUT2D eigenvalue weighted by Gasteiger charge is -2.22. The Morgan fingerprint density at radius 2 is 2.07 bits per heavy atom. The number of aromatic carboxylic acids is 1. The average Bonchev–Trinajstić information content (AvgIpc) is 2.30. The predicted octanol–water partition coefficient (Wildman–Crippen LogP) is 2.28. The second-order valence-corrected chi connectivity index (χ2v) is 3.84. The summed E-state index contributed by atoms with van der Waals surface area (Å²) in [5.74, 6) is -0.442. The Labute approximate surface area is 88.7 Å². The SMILES string of the molecule is O=C(O)c1ccc([C@H]2CCCOC2)cc1. The second-order valence-electron chi connectivity index (χ2n) is 3.84. The van der Waals surface area contributed by atoms with Crippen LogP contribution in [0.3, 0.4) is 0 Å². The zero-order valence-electron chi connectivity index (χ0n) is 8.48. The zero-order chi connectivity index (χ0) is 10.7. The van der Waals surface area contributed by atoms with Crippen LogP contribution in [0.4, 0.5) is 0 Å². The zero-order valence-corrected chi connectivity index (χ0v) is 8.48. The van der Waals surface area contributed by atoms with Crippen LogP contribution in [-0.4, -0.2) is 24.3 Å². The van der Waals surface area contributed by atoms with Crippen molar-refractivity contribution in [3.8, 4) is 0 Å². The van der Waals surface area contributed by atoms with Crippen LogP contribution < -0.4 is 0 Å². The number of rotatable bonds is 2. The lowest BCUT2D eigenvalue weighted by molar-refractivity contribution is 0.0696. The Kier molecular flexibility index (Phi) is 3.02. The van der Waals surface area contributed by atoms with E-state index in [2.05, 4.69) is 0 Å². The Hall–Kier alpha value is -1.35. The van der Waals surface area contributed by atoms with Gasteiger partial charge >= 0.3 is 5.97 Å². The van der Waals surface area contributed by atoms with Crippen LogP contribution >= 0.6 is 0 Å². The Morgan fingerprint density at radius 1 is 1.33 bits per heavy atom. The van der Waals surface area contributed by atoms with Gasteiger partial charge in [0.1, 0.15) is 0 Å². The Balaban J connectivity index is 2.11. The summed E-state index contributed by atoms with van der Waals surface area (Å²) in [7, 11) is 0. The van der Waals surface area contributed by atoms with Gasteiger partial charge in [-0.05, 0) is 30.5 Å². The molecule has 1 N–H and O–H groups in total. The van der Waals surface area contributed by atoms with Gasteiger partial charge in [0.2, 0.25) is 0 Å². The van der Waals surface area contributed by atoms with E-state index in [1.807, 2.05) is 12.1 Å². The largest absolute Gasteiger partial charge is 0.478 e. The van der Waals surface area contributed by atoms with E-state index >= 15 is 0 Å². The minimum Gasteiger partial charge on any atom is -0.478 e. The highest BCUT2D eigenvalue weighted by Crippen LogP contribution is 2.25. The van der Waals surface area contributed by atoms with E-state index in [0.29, 0.717) is 11.5 Å². The van der Waals surface area contributed by atoms with Crippen molar-refractivity contribution in [1.82, 2.24) is 0 Å². The molecule has 1 heterocycles. The van der Waals surface area contributed by atoms with Gasteiger partial charge in [0.25, 0.3) is 0 Å². The molecule has 1 saturated heterocycles. The molecule has 1 fully saturated rings. The molecular weight excluding hydrogens is 192 g/mol. The van der Waals surface area contributed by atoms with E-state index in [1.54, 1.807) is 12.1 Å². The van der Waals surface area contributed by atoms with Gasteiger partial charge in [-0.25, -0.2) is 4.79 Å². The van der Waals surface area contributed by atoms with Gasteiger partial charge in [-0.1, -0.05) is 12.1 Å². The fraction of sp³-hybridized carbons (Fsp3) is 0.417. The molecular formula is C12H14O3. The number of carboxylic acids is 1. The molecule has 15 heavy (non-hydrogen) atoms. The third-order valence-electron chi connectivity index (χ3n) is 2.79. The van der Waals surface area contributed by atoms with Gasteiger partial charge in [0.05, 0.1) is 12.2 Å². The van der Waals surface area contributed by atoms with Crippen molar-refractivity contribution < 1.29 is 14.6 Å². The molecule has 1 aromatic carbocycles. The summed E-state index contributed by atoms with van der Waals surface area (Å²) < 4.78 is 5.40. The molecule has 1 aromatic rings. The molecule has 0 aromatic heterocycles. The van der Waals surface area contributed by atoms with Crippen LogP contribution in [0.2, 0.25) is 0 Å². The van der Waals surface area contributed by atoms with Crippen molar-refractivity contribution in [2.45, 2.75) is 18.8 Å². The first kappa shape index (κ1) is 10.2. The minimum atomic E-state index is -0.874. The Morgan fingerprint density at radius 3 is 2.60 bits per heavy atom. The molecule has 0 radical (unpaired) electrons. The summed E-state index contributed by atoms with van der Waals surface area (Å²) in [6.45, 7) is 1.61. The molecule has 3 heteroatoms. The number of carboxylic acid groups (broad SMARTS) is 1. The average molecular weight is 206 g/mol. The van der Waals surface area contributed by atoms with E-state index in [1.165, 1.54) is 5.56 Å². The van der Waals surface area contributed by atoms with Crippen LogP contribution in [0.1, 0.15) is 34.7 Å². The minimum absolute atomic E-state index is 0.343. The second kappa shape index (κ2) is 4.45. The smallest absolute Gasteiger partial charge is 0.335 e. The summed E-state index contributed by atoms with van der Waals surface area (Å²) >= 11 is 0. The lowest BCUT2D eigenvalue weighted by atomic mass is 9.93. The molecule has 0 bridgehead atoms. The highest BCUT2D eigenvalue weighted by molar-refractivity contribution is 5.87. The van der Waals surface area contributed by atoms with E-state index < -0.39 is 5.97 Å². The third-order valence-corrected chi connectivity index (χ3v) is 2.79. The molecule has 0 amide bonds. The number of ether oxygens (including phenoxy) is 1. The van der Waals surface area contributed by atoms with E-state index in [9.17, 15) is 4.79 Å². The third kappa shape index (κ3) is 2.36. The van der Waals surface area contributed by atoms with Crippen LogP contribution in [0.15, 0.2) is 24.3 Å². The van der Waals surface area contributed by atoms with Crippen LogP contribution in [0.25, 0.3) is 0 Å². The predicted molar refractivity (Wildman–Crippen MR) is 56.2 cm³/mol. The van der Waals surface area contributed by atoms with Gasteiger partial charge in [-0.15, -0.1) is 0 Å². The quantitative estimate of drug-likeness (QED) is 0.807. The van der Waals surface area contributed by atoms with E-state index in [4.69, 9.17) is 9.84 Å². The first-order valence-electron chi connectivity index (χ1n) is 5.18. The standard InChI is InChI=1S/C12H14O3/c13-12(14)10-5-3-9(4-6-10)11-2-1-7-15-8-11/h3-6,11H,1-2,7-8H2,(H,13,14)/t11-/m0/s1. The number of hydrogen-bond donors (Lipinski definition) is 1. The maximum Gasteiger partial charge on any atom is 0.335 e. The highest BCUT2D eigenvalue weighted by atomic mass is 16.5. The number of hydrogen-bond acceptors (Lipinski definition) is 2. The van der Waals surface area contributed by atoms with Gasteiger partial charge in [0, 0.05) is 12.5 Å². The fourth-order valence-corrected chi connectivity index (χ4v) is 1.90. The summed E-state index contributed by atoms with van der Waals surface area (Å²) in [4.78, 5) is 10.7. The van der Waals surface area contributed by atoms with Crippen molar-refractivity contribution >= 4 is 5.97 Å². The topological polar surface area (TPSA) is 46.5 Å². The maximum atomic E-state index is 10.7. The van der Waals surface area contributed by atoms with Crippen molar-refractivity contribution in [2.75, 3.05) is 13.2 Å². The van der Waals surface area contributed by atoms with Crippen molar-refractivity contribution in [1.29, 1.82) is 0 Å².